The molecule has 172 valence electrons. The van der Waals surface area contributed by atoms with E-state index < -0.39 is 11.5 Å². The maximum atomic E-state index is 14.1. The van der Waals surface area contributed by atoms with E-state index in [-0.39, 0.29) is 28.8 Å². The van der Waals surface area contributed by atoms with Crippen LogP contribution in [0.3, 0.4) is 0 Å². The predicted octanol–water partition coefficient (Wildman–Crippen LogP) is 3.54. The van der Waals surface area contributed by atoms with Gasteiger partial charge in [-0.25, -0.2) is 19.2 Å². The summed E-state index contributed by atoms with van der Waals surface area (Å²) in [5.74, 6) is -0.612. The summed E-state index contributed by atoms with van der Waals surface area (Å²) in [7, 11) is 0. The summed E-state index contributed by atoms with van der Waals surface area (Å²) < 4.78 is 22.5. The van der Waals surface area contributed by atoms with E-state index in [1.165, 1.54) is 27.5 Å². The average Bonchev–Trinajstić information content (AvgIpc) is 3.24. The molecule has 0 radical (unpaired) electrons. The van der Waals surface area contributed by atoms with E-state index >= 15 is 0 Å². The Morgan fingerprint density at radius 1 is 1.06 bits per heavy atom. The van der Waals surface area contributed by atoms with Crippen molar-refractivity contribution in [3.05, 3.63) is 68.2 Å². The first-order valence-electron chi connectivity index (χ1n) is 10.5. The van der Waals surface area contributed by atoms with E-state index in [1.54, 1.807) is 6.20 Å². The Kier molecular flexibility index (Phi) is 5.82. The van der Waals surface area contributed by atoms with E-state index in [0.717, 1.165) is 18.7 Å². The maximum Gasteiger partial charge on any atom is 0.352 e. The normalized spacial score (nSPS) is 19.5. The summed E-state index contributed by atoms with van der Waals surface area (Å²) >= 11 is 12.1. The molecule has 4 aromatic rings. The van der Waals surface area contributed by atoms with Gasteiger partial charge in [-0.1, -0.05) is 23.2 Å². The molecule has 8 nitrogen and oxygen atoms in total. The second-order valence-electron chi connectivity index (χ2n) is 8.39. The first kappa shape index (κ1) is 22.2. The van der Waals surface area contributed by atoms with Crippen molar-refractivity contribution in [3.63, 3.8) is 0 Å². The molecule has 3 aromatic heterocycles. The van der Waals surface area contributed by atoms with Gasteiger partial charge in [0.25, 0.3) is 0 Å². The highest BCUT2D eigenvalue weighted by atomic mass is 35.5. The van der Waals surface area contributed by atoms with Gasteiger partial charge in [-0.15, -0.1) is 0 Å². The van der Waals surface area contributed by atoms with Gasteiger partial charge in [-0.05, 0) is 43.2 Å². The lowest BCUT2D eigenvalue weighted by atomic mass is 10.1. The van der Waals surface area contributed by atoms with E-state index in [1.807, 2.05) is 6.07 Å². The number of aromatic nitrogens is 5. The summed E-state index contributed by atoms with van der Waals surface area (Å²) in [6.07, 6.45) is 3.38. The number of ether oxygens (including phenoxy) is 1. The van der Waals surface area contributed by atoms with Gasteiger partial charge in [0.05, 0.1) is 29.2 Å². The minimum absolute atomic E-state index is 0.00287. The number of pyridine rings is 1. The molecule has 1 fully saturated rings. The molecule has 11 heteroatoms. The van der Waals surface area contributed by atoms with Gasteiger partial charge >= 0.3 is 5.69 Å². The minimum Gasteiger partial charge on any atom is -0.373 e. The van der Waals surface area contributed by atoms with Gasteiger partial charge in [-0.2, -0.15) is 9.61 Å². The molecule has 2 atom stereocenters. The number of benzene rings is 1. The molecular formula is C22H21Cl2FN6O2. The highest BCUT2D eigenvalue weighted by Gasteiger charge is 2.23. The lowest BCUT2D eigenvalue weighted by molar-refractivity contribution is -0.0705. The van der Waals surface area contributed by atoms with E-state index in [4.69, 9.17) is 27.9 Å². The number of hydrogen-bond acceptors (Lipinski definition) is 6. The monoisotopic (exact) mass is 490 g/mol. The van der Waals surface area contributed by atoms with Crippen LogP contribution in [0.2, 0.25) is 10.0 Å². The van der Waals surface area contributed by atoms with Crippen LogP contribution in [0, 0.1) is 5.82 Å². The van der Waals surface area contributed by atoms with Crippen molar-refractivity contribution >= 4 is 39.9 Å². The van der Waals surface area contributed by atoms with Crippen molar-refractivity contribution in [2.45, 2.75) is 39.1 Å². The van der Waals surface area contributed by atoms with Gasteiger partial charge < -0.3 is 4.74 Å². The Balaban J connectivity index is 1.59. The van der Waals surface area contributed by atoms with Crippen LogP contribution < -0.4 is 5.69 Å². The van der Waals surface area contributed by atoms with Gasteiger partial charge in [0.15, 0.2) is 5.65 Å². The lowest BCUT2D eigenvalue weighted by Gasteiger charge is -2.35. The second kappa shape index (κ2) is 8.64. The zero-order chi connectivity index (χ0) is 23.3. The Morgan fingerprint density at radius 2 is 1.82 bits per heavy atom. The van der Waals surface area contributed by atoms with Crippen LogP contribution in [0.5, 0.6) is 0 Å². The molecule has 0 bridgehead atoms. The molecule has 1 aliphatic rings. The Bertz CT molecular complexity index is 1410. The van der Waals surface area contributed by atoms with Crippen molar-refractivity contribution in [3.8, 4) is 0 Å². The molecule has 2 unspecified atom stereocenters. The third kappa shape index (κ3) is 4.21. The van der Waals surface area contributed by atoms with E-state index in [0.29, 0.717) is 28.8 Å². The first-order chi connectivity index (χ1) is 15.8. The largest absolute Gasteiger partial charge is 0.373 e. The SMILES string of the molecule is CC1CN(Cc2cnc3c(c2)c2ncnn2c(=O)n3Cc2cc(F)c(Cl)cc2Cl)CC(C)O1. The quantitative estimate of drug-likeness (QED) is 0.407. The fourth-order valence-corrected chi connectivity index (χ4v) is 4.85. The standard InChI is InChI=1S/C22H21Cl2FN6O2/c1-12-7-29(8-13(2)33-12)9-14-3-16-20(26-6-14)30(22(32)31-21(16)27-11-28-31)10-15-4-19(25)18(24)5-17(15)23/h3-6,11-13H,7-10H2,1-2H3. The van der Waals surface area contributed by atoms with Crippen LogP contribution in [-0.4, -0.2) is 54.3 Å². The Labute approximate surface area is 198 Å². The summed E-state index contributed by atoms with van der Waals surface area (Å²) in [5.41, 5.74) is 1.77. The van der Waals surface area contributed by atoms with Crippen LogP contribution in [0.15, 0.2) is 35.5 Å². The lowest BCUT2D eigenvalue weighted by Crippen LogP contribution is -2.44. The van der Waals surface area contributed by atoms with Gasteiger partial charge in [-0.3, -0.25) is 9.47 Å². The molecule has 5 rings (SSSR count). The molecule has 0 N–H and O–H groups in total. The summed E-state index contributed by atoms with van der Waals surface area (Å²) in [4.78, 5) is 24.3. The first-order valence-corrected chi connectivity index (χ1v) is 11.3. The van der Waals surface area contributed by atoms with E-state index in [9.17, 15) is 9.18 Å². The number of halogens is 3. The molecule has 0 amide bonds. The summed E-state index contributed by atoms with van der Waals surface area (Å²) in [5, 5.41) is 4.93. The fraction of sp³-hybridized carbons (Fsp3) is 0.364. The van der Waals surface area contributed by atoms with Crippen LogP contribution in [-0.2, 0) is 17.8 Å². The van der Waals surface area contributed by atoms with Crippen LogP contribution in [0.25, 0.3) is 16.7 Å². The highest BCUT2D eigenvalue weighted by Crippen LogP contribution is 2.26. The summed E-state index contributed by atoms with van der Waals surface area (Å²) in [6, 6.07) is 4.52. The minimum atomic E-state index is -0.612. The van der Waals surface area contributed by atoms with Gasteiger partial charge in [0.1, 0.15) is 17.8 Å². The number of nitrogens with zero attached hydrogens (tertiary/aromatic N) is 6. The Hall–Kier alpha value is -2.59. The third-order valence-electron chi connectivity index (χ3n) is 5.70. The van der Waals surface area contributed by atoms with Crippen molar-refractivity contribution in [2.24, 2.45) is 0 Å². The van der Waals surface area contributed by atoms with Gasteiger partial charge in [0.2, 0.25) is 0 Å². The van der Waals surface area contributed by atoms with Crippen LogP contribution in [0.4, 0.5) is 4.39 Å². The van der Waals surface area contributed by atoms with Crippen molar-refractivity contribution < 1.29 is 9.13 Å². The van der Waals surface area contributed by atoms with Crippen LogP contribution in [0.1, 0.15) is 25.0 Å². The fourth-order valence-electron chi connectivity index (χ4n) is 4.41. The van der Waals surface area contributed by atoms with Crippen molar-refractivity contribution in [1.82, 2.24) is 29.0 Å². The number of morpholine rings is 1. The average molecular weight is 491 g/mol. The van der Waals surface area contributed by atoms with Crippen molar-refractivity contribution in [1.29, 1.82) is 0 Å². The Morgan fingerprint density at radius 3 is 2.58 bits per heavy atom. The molecule has 4 heterocycles. The highest BCUT2D eigenvalue weighted by molar-refractivity contribution is 6.35. The van der Waals surface area contributed by atoms with Crippen molar-refractivity contribution in [2.75, 3.05) is 13.1 Å². The molecule has 1 aromatic carbocycles. The molecule has 0 saturated carbocycles. The predicted molar refractivity (Wildman–Crippen MR) is 123 cm³/mol. The maximum absolute atomic E-state index is 14.1. The molecule has 1 saturated heterocycles. The number of hydrogen-bond donors (Lipinski definition) is 0. The molecule has 0 spiro atoms. The zero-order valence-corrected chi connectivity index (χ0v) is 19.5. The van der Waals surface area contributed by atoms with Crippen LogP contribution >= 0.6 is 23.2 Å². The third-order valence-corrected chi connectivity index (χ3v) is 6.34. The zero-order valence-electron chi connectivity index (χ0n) is 18.0. The summed E-state index contributed by atoms with van der Waals surface area (Å²) in [6.45, 7) is 6.46. The topological polar surface area (TPSA) is 77.6 Å². The molecular weight excluding hydrogens is 470 g/mol. The van der Waals surface area contributed by atoms with Gasteiger partial charge in [0, 0.05) is 30.9 Å². The molecule has 1 aliphatic heterocycles. The molecule has 33 heavy (non-hydrogen) atoms. The molecule has 0 aliphatic carbocycles. The van der Waals surface area contributed by atoms with E-state index in [2.05, 4.69) is 33.8 Å². The number of fused-ring (bicyclic) bond motifs is 3. The smallest absolute Gasteiger partial charge is 0.352 e. The second-order valence-corrected chi connectivity index (χ2v) is 9.20. The number of rotatable bonds is 4.